The summed E-state index contributed by atoms with van der Waals surface area (Å²) in [4.78, 5) is 47.9. The summed E-state index contributed by atoms with van der Waals surface area (Å²) >= 11 is 0.548. The molecular formula is C19H13F2N3O6S. The van der Waals surface area contributed by atoms with Crippen LogP contribution in [0.1, 0.15) is 5.56 Å². The molecule has 1 saturated heterocycles. The monoisotopic (exact) mass is 449 g/mol. The van der Waals surface area contributed by atoms with Gasteiger partial charge < -0.3 is 10.1 Å². The molecule has 3 rings (SSSR count). The highest BCUT2D eigenvalue weighted by Crippen LogP contribution is 2.34. The van der Waals surface area contributed by atoms with Gasteiger partial charge in [0.25, 0.3) is 11.1 Å². The summed E-state index contributed by atoms with van der Waals surface area (Å²) in [6.45, 7) is -0.693. The molecule has 0 saturated carbocycles. The Kier molecular flexibility index (Phi) is 6.30. The molecule has 0 aliphatic carbocycles. The summed E-state index contributed by atoms with van der Waals surface area (Å²) in [6, 6.07) is 6.51. The predicted octanol–water partition coefficient (Wildman–Crippen LogP) is 3.56. The maximum atomic E-state index is 13.7. The van der Waals surface area contributed by atoms with E-state index >= 15 is 0 Å². The predicted molar refractivity (Wildman–Crippen MR) is 107 cm³/mol. The van der Waals surface area contributed by atoms with Gasteiger partial charge in [0.15, 0.2) is 5.75 Å². The van der Waals surface area contributed by atoms with Gasteiger partial charge in [0.05, 0.1) is 22.6 Å². The van der Waals surface area contributed by atoms with Crippen LogP contribution in [0.3, 0.4) is 0 Å². The molecule has 31 heavy (non-hydrogen) atoms. The molecule has 9 nitrogen and oxygen atoms in total. The van der Waals surface area contributed by atoms with Crippen molar-refractivity contribution in [3.63, 3.8) is 0 Å². The number of halogens is 2. The fourth-order valence-corrected chi connectivity index (χ4v) is 3.49. The summed E-state index contributed by atoms with van der Waals surface area (Å²) in [5.41, 5.74) is -0.355. The van der Waals surface area contributed by atoms with E-state index in [1.54, 1.807) is 0 Å². The molecule has 0 radical (unpaired) electrons. The minimum atomic E-state index is -1.01. The Balaban J connectivity index is 1.75. The van der Waals surface area contributed by atoms with Crippen LogP contribution in [0.2, 0.25) is 0 Å². The van der Waals surface area contributed by atoms with Crippen LogP contribution >= 0.6 is 11.8 Å². The SMILES string of the molecule is COc1ccc(/C=C2/SC(=O)N(CC(=O)Nc3ccc(F)cc3F)C2=O)cc1[N+](=O)[O-]. The molecule has 1 N–H and O–H groups in total. The molecule has 12 heteroatoms. The number of nitro benzene ring substituents is 1. The Morgan fingerprint density at radius 3 is 2.65 bits per heavy atom. The number of amides is 3. The maximum absolute atomic E-state index is 13.7. The highest BCUT2D eigenvalue weighted by molar-refractivity contribution is 8.18. The molecule has 0 atom stereocenters. The molecule has 1 aliphatic heterocycles. The smallest absolute Gasteiger partial charge is 0.311 e. The molecule has 1 heterocycles. The van der Waals surface area contributed by atoms with Gasteiger partial charge in [0.1, 0.15) is 18.2 Å². The first-order valence-corrected chi connectivity index (χ1v) is 9.34. The number of nitrogens with zero attached hydrogens (tertiary/aromatic N) is 2. The Labute approximate surface area is 177 Å². The van der Waals surface area contributed by atoms with Gasteiger partial charge >= 0.3 is 5.69 Å². The van der Waals surface area contributed by atoms with Crippen molar-refractivity contribution in [1.82, 2.24) is 4.90 Å². The minimum Gasteiger partial charge on any atom is -0.490 e. The molecular weight excluding hydrogens is 436 g/mol. The molecule has 160 valence electrons. The quantitative estimate of drug-likeness (QED) is 0.407. The molecule has 0 bridgehead atoms. The van der Waals surface area contributed by atoms with Crippen LogP contribution in [0, 0.1) is 21.7 Å². The first-order chi connectivity index (χ1) is 14.7. The summed E-state index contributed by atoms with van der Waals surface area (Å²) in [7, 11) is 1.27. The highest BCUT2D eigenvalue weighted by Gasteiger charge is 2.36. The maximum Gasteiger partial charge on any atom is 0.311 e. The van der Waals surface area contributed by atoms with Crippen LogP contribution in [-0.4, -0.2) is 40.5 Å². The molecule has 0 unspecified atom stereocenters. The zero-order chi connectivity index (χ0) is 22.7. The summed E-state index contributed by atoms with van der Waals surface area (Å²) in [6.07, 6.45) is 1.27. The van der Waals surface area contributed by atoms with Crippen molar-refractivity contribution in [2.75, 3.05) is 19.0 Å². The van der Waals surface area contributed by atoms with Gasteiger partial charge in [-0.1, -0.05) is 6.07 Å². The fourth-order valence-electron chi connectivity index (χ4n) is 2.65. The van der Waals surface area contributed by atoms with E-state index in [-0.39, 0.29) is 27.6 Å². The van der Waals surface area contributed by atoms with E-state index in [1.165, 1.54) is 31.4 Å². The van der Waals surface area contributed by atoms with E-state index in [0.29, 0.717) is 22.7 Å². The number of hydrogen-bond donors (Lipinski definition) is 1. The molecule has 0 aromatic heterocycles. The minimum absolute atomic E-state index is 0.0277. The van der Waals surface area contributed by atoms with E-state index in [9.17, 15) is 33.3 Å². The number of benzene rings is 2. The lowest BCUT2D eigenvalue weighted by Crippen LogP contribution is -2.36. The van der Waals surface area contributed by atoms with Crippen molar-refractivity contribution in [3.05, 3.63) is 68.6 Å². The first kappa shape index (κ1) is 21.9. The second-order valence-corrected chi connectivity index (χ2v) is 7.12. The standard InChI is InChI=1S/C19H13F2N3O6S/c1-30-15-5-2-10(6-14(15)24(28)29)7-16-18(26)23(19(27)31-16)9-17(25)22-13-4-3-11(20)8-12(13)21/h2-8H,9H2,1H3,(H,22,25)/b16-7+. The van der Waals surface area contributed by atoms with Gasteiger partial charge in [0.2, 0.25) is 5.91 Å². The molecule has 2 aromatic carbocycles. The van der Waals surface area contributed by atoms with Gasteiger partial charge in [0, 0.05) is 12.1 Å². The van der Waals surface area contributed by atoms with Crippen molar-refractivity contribution < 1.29 is 32.8 Å². The molecule has 3 amide bonds. The number of thioether (sulfide) groups is 1. The van der Waals surface area contributed by atoms with E-state index in [2.05, 4.69) is 5.32 Å². The molecule has 1 fully saturated rings. The zero-order valence-electron chi connectivity index (χ0n) is 15.8. The topological polar surface area (TPSA) is 119 Å². The normalized spacial score (nSPS) is 14.8. The lowest BCUT2D eigenvalue weighted by atomic mass is 10.1. The number of carbonyl (C=O) groups excluding carboxylic acids is 3. The van der Waals surface area contributed by atoms with Crippen LogP contribution in [0.15, 0.2) is 41.3 Å². The summed E-state index contributed by atoms with van der Waals surface area (Å²) in [5, 5.41) is 12.5. The second-order valence-electron chi connectivity index (χ2n) is 6.13. The van der Waals surface area contributed by atoms with E-state index in [4.69, 9.17) is 4.74 Å². The lowest BCUT2D eigenvalue weighted by molar-refractivity contribution is -0.385. The third kappa shape index (κ3) is 4.86. The summed E-state index contributed by atoms with van der Waals surface area (Å²) in [5.74, 6) is -3.47. The molecule has 2 aromatic rings. The molecule has 1 aliphatic rings. The number of nitro groups is 1. The highest BCUT2D eigenvalue weighted by atomic mass is 32.2. The number of hydrogen-bond acceptors (Lipinski definition) is 7. The lowest BCUT2D eigenvalue weighted by Gasteiger charge is -2.12. The number of anilines is 1. The molecule has 0 spiro atoms. The number of imide groups is 1. The van der Waals surface area contributed by atoms with E-state index < -0.39 is 40.2 Å². The van der Waals surface area contributed by atoms with Crippen LogP contribution in [-0.2, 0) is 9.59 Å². The van der Waals surface area contributed by atoms with Crippen LogP contribution in [0.5, 0.6) is 5.75 Å². The Morgan fingerprint density at radius 2 is 2.00 bits per heavy atom. The van der Waals surface area contributed by atoms with Crippen molar-refractivity contribution in [2.24, 2.45) is 0 Å². The third-order valence-corrected chi connectivity index (χ3v) is 4.99. The zero-order valence-corrected chi connectivity index (χ0v) is 16.6. The van der Waals surface area contributed by atoms with E-state index in [1.807, 2.05) is 0 Å². The van der Waals surface area contributed by atoms with Gasteiger partial charge in [-0.05, 0) is 41.6 Å². The van der Waals surface area contributed by atoms with Gasteiger partial charge in [-0.25, -0.2) is 8.78 Å². The average Bonchev–Trinajstić information content (AvgIpc) is 2.97. The number of nitrogens with one attached hydrogen (secondary N) is 1. The number of carbonyl (C=O) groups is 3. The average molecular weight is 449 g/mol. The van der Waals surface area contributed by atoms with Crippen molar-refractivity contribution in [3.8, 4) is 5.75 Å². The fraction of sp³-hybridized carbons (Fsp3) is 0.105. The Morgan fingerprint density at radius 1 is 1.26 bits per heavy atom. The Bertz CT molecular complexity index is 1140. The van der Waals surface area contributed by atoms with Crippen molar-refractivity contribution >= 4 is 46.3 Å². The number of methoxy groups -OCH3 is 1. The van der Waals surface area contributed by atoms with Crippen molar-refractivity contribution in [2.45, 2.75) is 0 Å². The first-order valence-electron chi connectivity index (χ1n) is 8.52. The second kappa shape index (κ2) is 8.92. The van der Waals surface area contributed by atoms with Gasteiger partial charge in [-0.15, -0.1) is 0 Å². The van der Waals surface area contributed by atoms with Crippen LogP contribution < -0.4 is 10.1 Å². The van der Waals surface area contributed by atoms with E-state index in [0.717, 1.165) is 12.1 Å². The summed E-state index contributed by atoms with van der Waals surface area (Å²) < 4.78 is 31.5. The van der Waals surface area contributed by atoms with Gasteiger partial charge in [-0.2, -0.15) is 0 Å². The Hall–Kier alpha value is -3.80. The number of ether oxygens (including phenoxy) is 1. The van der Waals surface area contributed by atoms with Crippen molar-refractivity contribution in [1.29, 1.82) is 0 Å². The third-order valence-electron chi connectivity index (χ3n) is 4.08. The largest absolute Gasteiger partial charge is 0.490 e. The van der Waals surface area contributed by atoms with Crippen LogP contribution in [0.25, 0.3) is 6.08 Å². The van der Waals surface area contributed by atoms with Gasteiger partial charge in [-0.3, -0.25) is 29.4 Å². The van der Waals surface area contributed by atoms with Crippen LogP contribution in [0.4, 0.5) is 25.0 Å². The number of rotatable bonds is 6.